The number of aliphatic carboxylic acids is 1. The number of thioether (sulfide) groups is 1. The second kappa shape index (κ2) is 8.58. The van der Waals surface area contributed by atoms with E-state index in [1.165, 1.54) is 0 Å². The minimum Gasteiger partial charge on any atom is -0.479 e. The summed E-state index contributed by atoms with van der Waals surface area (Å²) < 4.78 is 10.2. The Labute approximate surface area is 115 Å². The Kier molecular flexibility index (Phi) is 7.02. The van der Waals surface area contributed by atoms with Gasteiger partial charge in [-0.25, -0.2) is 9.59 Å². The molecule has 0 amide bonds. The van der Waals surface area contributed by atoms with Crippen molar-refractivity contribution in [3.05, 3.63) is 12.2 Å². The molecule has 0 fully saturated rings. The fraction of sp³-hybridized carbons (Fsp3) is 0.583. The molecule has 1 atom stereocenters. The van der Waals surface area contributed by atoms with Crippen LogP contribution in [0, 0.1) is 5.92 Å². The van der Waals surface area contributed by atoms with E-state index in [9.17, 15) is 9.59 Å². The van der Waals surface area contributed by atoms with Crippen LogP contribution in [-0.2, 0) is 19.1 Å². The maximum atomic E-state index is 11.0. The second-order valence-electron chi connectivity index (χ2n) is 3.88. The van der Waals surface area contributed by atoms with Crippen molar-refractivity contribution in [2.75, 3.05) is 31.3 Å². The number of esters is 1. The van der Waals surface area contributed by atoms with Gasteiger partial charge in [0.25, 0.3) is 0 Å². The molecule has 0 saturated heterocycles. The molecule has 0 aromatic heterocycles. The van der Waals surface area contributed by atoms with Crippen LogP contribution in [0.1, 0.15) is 6.92 Å². The van der Waals surface area contributed by atoms with Gasteiger partial charge in [-0.3, -0.25) is 4.99 Å². The summed E-state index contributed by atoms with van der Waals surface area (Å²) in [6, 6.07) is 0. The first kappa shape index (κ1) is 15.6. The smallest absolute Gasteiger partial charge is 0.331 e. The van der Waals surface area contributed by atoms with E-state index in [1.807, 2.05) is 6.92 Å². The van der Waals surface area contributed by atoms with Crippen molar-refractivity contribution in [3.8, 4) is 0 Å². The van der Waals surface area contributed by atoms with Gasteiger partial charge in [0.1, 0.15) is 13.2 Å². The highest BCUT2D eigenvalue weighted by atomic mass is 32.2. The summed E-state index contributed by atoms with van der Waals surface area (Å²) in [5.41, 5.74) is 0. The Bertz CT molecular complexity index is 380. The second-order valence-corrected chi connectivity index (χ2v) is 5.03. The molecule has 0 aromatic carbocycles. The highest BCUT2D eigenvalue weighted by Gasteiger charge is 2.15. The van der Waals surface area contributed by atoms with Gasteiger partial charge in [-0.2, -0.15) is 11.8 Å². The van der Waals surface area contributed by atoms with E-state index in [1.54, 1.807) is 11.8 Å². The molecule has 0 spiro atoms. The molecule has 7 heteroatoms. The lowest BCUT2D eigenvalue weighted by atomic mass is 10.2. The Morgan fingerprint density at radius 3 is 3.00 bits per heavy atom. The topological polar surface area (TPSA) is 85.2 Å². The third-order valence-electron chi connectivity index (χ3n) is 2.23. The average molecular weight is 287 g/mol. The van der Waals surface area contributed by atoms with Gasteiger partial charge >= 0.3 is 11.9 Å². The molecule has 6 nitrogen and oxygen atoms in total. The van der Waals surface area contributed by atoms with E-state index in [0.717, 1.165) is 30.3 Å². The molecular weight excluding hydrogens is 270 g/mol. The molecule has 0 bridgehead atoms. The van der Waals surface area contributed by atoms with E-state index in [-0.39, 0.29) is 12.5 Å². The zero-order valence-corrected chi connectivity index (χ0v) is 11.5. The van der Waals surface area contributed by atoms with Gasteiger partial charge in [0.2, 0.25) is 0 Å². The summed E-state index contributed by atoms with van der Waals surface area (Å²) in [5, 5.41) is 8.32. The molecule has 1 rings (SSSR count). The maximum Gasteiger partial charge on any atom is 0.331 e. The molecule has 0 aromatic rings. The van der Waals surface area contributed by atoms with Crippen molar-refractivity contribution in [1.29, 1.82) is 0 Å². The zero-order chi connectivity index (χ0) is 14.1. The molecule has 106 valence electrons. The first-order valence-corrected chi connectivity index (χ1v) is 7.07. The largest absolute Gasteiger partial charge is 0.479 e. The van der Waals surface area contributed by atoms with Gasteiger partial charge in [-0.15, -0.1) is 0 Å². The quantitative estimate of drug-likeness (QED) is 0.407. The Hall–Kier alpha value is -1.50. The van der Waals surface area contributed by atoms with Crippen LogP contribution in [0.2, 0.25) is 0 Å². The third-order valence-corrected chi connectivity index (χ3v) is 3.42. The average Bonchev–Trinajstić information content (AvgIpc) is 2.89. The van der Waals surface area contributed by atoms with E-state index >= 15 is 0 Å². The molecule has 0 radical (unpaired) electrons. The Morgan fingerprint density at radius 2 is 2.37 bits per heavy atom. The normalized spacial score (nSPS) is 15.9. The summed E-state index contributed by atoms with van der Waals surface area (Å²) in [7, 11) is 0. The van der Waals surface area contributed by atoms with Crippen LogP contribution in [0.15, 0.2) is 17.1 Å². The van der Waals surface area contributed by atoms with Crippen molar-refractivity contribution in [2.45, 2.75) is 6.92 Å². The first-order chi connectivity index (χ1) is 9.09. The van der Waals surface area contributed by atoms with Crippen LogP contribution in [0.5, 0.6) is 0 Å². The zero-order valence-electron chi connectivity index (χ0n) is 10.7. The molecule has 0 saturated carbocycles. The lowest BCUT2D eigenvalue weighted by molar-refractivity contribution is -0.138. The minimum atomic E-state index is -1.17. The van der Waals surface area contributed by atoms with Crippen LogP contribution in [0.25, 0.3) is 0 Å². The molecule has 1 N–H and O–H groups in total. The number of hydrogen-bond donors (Lipinski definition) is 1. The summed E-state index contributed by atoms with van der Waals surface area (Å²) in [4.78, 5) is 25.4. The van der Waals surface area contributed by atoms with Crippen LogP contribution in [-0.4, -0.2) is 54.2 Å². The third kappa shape index (κ3) is 6.85. The molecule has 1 aliphatic heterocycles. The minimum absolute atomic E-state index is 0.257. The van der Waals surface area contributed by atoms with Crippen molar-refractivity contribution in [1.82, 2.24) is 0 Å². The highest BCUT2D eigenvalue weighted by Crippen LogP contribution is 2.13. The molecule has 1 heterocycles. The van der Waals surface area contributed by atoms with Gasteiger partial charge in [0.15, 0.2) is 5.90 Å². The number of nitrogens with zero attached hydrogens (tertiary/aromatic N) is 1. The van der Waals surface area contributed by atoms with Gasteiger partial charge in [0, 0.05) is 29.6 Å². The van der Waals surface area contributed by atoms with Crippen LogP contribution in [0.3, 0.4) is 0 Å². The van der Waals surface area contributed by atoms with Crippen molar-refractivity contribution in [2.24, 2.45) is 10.9 Å². The summed E-state index contributed by atoms with van der Waals surface area (Å²) >= 11 is 1.64. The number of carboxylic acid groups (broad SMARTS) is 1. The fourth-order valence-corrected chi connectivity index (χ4v) is 2.23. The lowest BCUT2D eigenvalue weighted by Crippen LogP contribution is -2.14. The number of hydrogen-bond acceptors (Lipinski definition) is 6. The van der Waals surface area contributed by atoms with Gasteiger partial charge in [0.05, 0.1) is 6.54 Å². The summed E-state index contributed by atoms with van der Waals surface area (Å²) in [6.45, 7) is 3.70. The first-order valence-electron chi connectivity index (χ1n) is 5.92. The van der Waals surface area contributed by atoms with Crippen molar-refractivity contribution >= 4 is 29.6 Å². The predicted octanol–water partition coefficient (Wildman–Crippen LogP) is 0.968. The fourth-order valence-electron chi connectivity index (χ4n) is 1.37. The predicted molar refractivity (Wildman–Crippen MR) is 72.5 cm³/mol. The molecule has 1 unspecified atom stereocenters. The van der Waals surface area contributed by atoms with Crippen molar-refractivity contribution in [3.63, 3.8) is 0 Å². The molecule has 0 aliphatic carbocycles. The number of carboxylic acids is 1. The van der Waals surface area contributed by atoms with Crippen LogP contribution in [0.4, 0.5) is 0 Å². The Balaban J connectivity index is 2.04. The Morgan fingerprint density at radius 1 is 1.58 bits per heavy atom. The highest BCUT2D eigenvalue weighted by molar-refractivity contribution is 7.99. The van der Waals surface area contributed by atoms with Gasteiger partial charge < -0.3 is 14.6 Å². The van der Waals surface area contributed by atoms with E-state index in [4.69, 9.17) is 14.6 Å². The van der Waals surface area contributed by atoms with E-state index in [2.05, 4.69) is 4.99 Å². The van der Waals surface area contributed by atoms with E-state index in [0.29, 0.717) is 12.4 Å². The number of aliphatic imine (C=N–C) groups is 1. The summed E-state index contributed by atoms with van der Waals surface area (Å²) in [5.74, 6) is 0.757. The number of carbonyl (C=O) groups is 2. The monoisotopic (exact) mass is 287 g/mol. The number of rotatable bonds is 8. The SMILES string of the molecule is CC(CSCCOC(=O)/C=C\C(=O)O)C1=NCCO1. The van der Waals surface area contributed by atoms with Gasteiger partial charge in [-0.1, -0.05) is 6.92 Å². The summed E-state index contributed by atoms with van der Waals surface area (Å²) in [6.07, 6.45) is 1.66. The van der Waals surface area contributed by atoms with E-state index < -0.39 is 11.9 Å². The lowest BCUT2D eigenvalue weighted by Gasteiger charge is -2.10. The molecule has 1 aliphatic rings. The molecular formula is C12H17NO5S. The van der Waals surface area contributed by atoms with Gasteiger partial charge in [-0.05, 0) is 0 Å². The van der Waals surface area contributed by atoms with Crippen LogP contribution < -0.4 is 0 Å². The molecule has 19 heavy (non-hydrogen) atoms. The number of carbonyl (C=O) groups excluding carboxylic acids is 1. The van der Waals surface area contributed by atoms with Crippen molar-refractivity contribution < 1.29 is 24.2 Å². The number of ether oxygens (including phenoxy) is 2. The van der Waals surface area contributed by atoms with Crippen LogP contribution >= 0.6 is 11.8 Å². The standard InChI is InChI=1S/C12H17NO5S/c1-9(12-13-4-5-18-12)8-19-7-6-17-11(16)3-2-10(14)15/h2-3,9H,4-8H2,1H3,(H,14,15)/b3-2-. The maximum absolute atomic E-state index is 11.0.